The molecule has 0 bridgehead atoms. The van der Waals surface area contributed by atoms with Gasteiger partial charge in [-0.25, -0.2) is 0 Å². The molecule has 3 nitrogen and oxygen atoms in total. The minimum Gasteiger partial charge on any atom is -0.355 e. The summed E-state index contributed by atoms with van der Waals surface area (Å²) in [7, 11) is 0. The first kappa shape index (κ1) is 18.7. The largest absolute Gasteiger partial charge is 0.355 e. The molecule has 114 valence electrons. The Bertz CT molecular complexity index is 238. The van der Waals surface area contributed by atoms with E-state index in [4.69, 9.17) is 0 Å². The quantitative estimate of drug-likeness (QED) is 0.583. The third-order valence-corrected chi connectivity index (χ3v) is 4.13. The maximum Gasteiger partial charge on any atom is 0.223 e. The first-order chi connectivity index (χ1) is 8.61. The van der Waals surface area contributed by atoms with Crippen LogP contribution in [0.3, 0.4) is 0 Å². The lowest BCUT2D eigenvalue weighted by Crippen LogP contribution is -2.39. The van der Waals surface area contributed by atoms with Crippen LogP contribution in [-0.2, 0) is 4.79 Å². The van der Waals surface area contributed by atoms with Gasteiger partial charge < -0.3 is 10.6 Å². The highest BCUT2D eigenvalue weighted by Crippen LogP contribution is 2.16. The molecular weight excluding hydrogens is 260 g/mol. The van der Waals surface area contributed by atoms with Gasteiger partial charge in [0.1, 0.15) is 0 Å². The van der Waals surface area contributed by atoms with Gasteiger partial charge in [-0.1, -0.05) is 46.5 Å². The molecule has 1 amide bonds. The Morgan fingerprint density at radius 2 is 1.63 bits per heavy atom. The second-order valence-corrected chi connectivity index (χ2v) is 5.97. The standard InChI is InChI=1S/C15H30N2O.ClH/c1-12(2)13(3)15(18)17-11-10-16-14-8-6-4-5-7-9-14;/h12-14,16H,4-11H2,1-3H3,(H,17,18);1H. The zero-order chi connectivity index (χ0) is 13.4. The van der Waals surface area contributed by atoms with Crippen LogP contribution >= 0.6 is 12.4 Å². The molecule has 1 unspecified atom stereocenters. The molecule has 0 aliphatic heterocycles. The Labute approximate surface area is 124 Å². The molecule has 1 atom stereocenters. The van der Waals surface area contributed by atoms with E-state index in [0.717, 1.165) is 13.1 Å². The number of rotatable bonds is 6. The first-order valence-electron chi connectivity index (χ1n) is 7.62. The molecule has 0 heterocycles. The molecule has 0 spiro atoms. The fourth-order valence-corrected chi connectivity index (χ4v) is 2.41. The number of halogens is 1. The molecular formula is C15H31ClN2O. The van der Waals surface area contributed by atoms with E-state index >= 15 is 0 Å². The average molecular weight is 291 g/mol. The van der Waals surface area contributed by atoms with E-state index in [1.165, 1.54) is 38.5 Å². The number of nitrogens with one attached hydrogen (secondary N) is 2. The van der Waals surface area contributed by atoms with Crippen LogP contribution in [0.25, 0.3) is 0 Å². The number of amides is 1. The van der Waals surface area contributed by atoms with Gasteiger partial charge in [-0.2, -0.15) is 0 Å². The topological polar surface area (TPSA) is 41.1 Å². The average Bonchev–Trinajstić information content (AvgIpc) is 2.61. The predicted octanol–water partition coefficient (Wildman–Crippen LogP) is 3.13. The van der Waals surface area contributed by atoms with Crippen LogP contribution in [0.15, 0.2) is 0 Å². The summed E-state index contributed by atoms with van der Waals surface area (Å²) in [4.78, 5) is 11.8. The lowest BCUT2D eigenvalue weighted by molar-refractivity contribution is -0.125. The molecule has 4 heteroatoms. The van der Waals surface area contributed by atoms with E-state index in [1.807, 2.05) is 6.92 Å². The lowest BCUT2D eigenvalue weighted by Gasteiger charge is -2.18. The normalized spacial score (nSPS) is 18.5. The Hall–Kier alpha value is -0.280. The number of hydrogen-bond acceptors (Lipinski definition) is 2. The van der Waals surface area contributed by atoms with E-state index < -0.39 is 0 Å². The summed E-state index contributed by atoms with van der Waals surface area (Å²) in [6.45, 7) is 7.84. The molecule has 0 aromatic rings. The third kappa shape index (κ3) is 7.78. The van der Waals surface area contributed by atoms with Crippen molar-refractivity contribution in [3.8, 4) is 0 Å². The van der Waals surface area contributed by atoms with Crippen LogP contribution < -0.4 is 10.6 Å². The SMILES string of the molecule is CC(C)C(C)C(=O)NCCNC1CCCCCC1.Cl. The molecule has 0 radical (unpaired) electrons. The predicted molar refractivity (Wildman–Crippen MR) is 83.8 cm³/mol. The zero-order valence-electron chi connectivity index (χ0n) is 12.7. The van der Waals surface area contributed by atoms with Gasteiger partial charge in [0.05, 0.1) is 0 Å². The highest BCUT2D eigenvalue weighted by Gasteiger charge is 2.16. The van der Waals surface area contributed by atoms with E-state index in [1.54, 1.807) is 0 Å². The Morgan fingerprint density at radius 3 is 2.16 bits per heavy atom. The molecule has 1 rings (SSSR count). The highest BCUT2D eigenvalue weighted by atomic mass is 35.5. The van der Waals surface area contributed by atoms with Crippen LogP contribution in [0.5, 0.6) is 0 Å². The van der Waals surface area contributed by atoms with E-state index in [9.17, 15) is 4.79 Å². The molecule has 1 saturated carbocycles. The zero-order valence-corrected chi connectivity index (χ0v) is 13.5. The van der Waals surface area contributed by atoms with Gasteiger partial charge in [-0.3, -0.25) is 4.79 Å². The molecule has 1 aliphatic carbocycles. The second kappa shape index (κ2) is 10.5. The van der Waals surface area contributed by atoms with Crippen molar-refractivity contribution in [2.75, 3.05) is 13.1 Å². The van der Waals surface area contributed by atoms with Crippen molar-refractivity contribution in [1.82, 2.24) is 10.6 Å². The van der Waals surface area contributed by atoms with Gasteiger partial charge in [0.15, 0.2) is 0 Å². The number of carbonyl (C=O) groups is 1. The fraction of sp³-hybridized carbons (Fsp3) is 0.933. The summed E-state index contributed by atoms with van der Waals surface area (Å²) in [5.41, 5.74) is 0. The molecule has 0 aromatic carbocycles. The minimum absolute atomic E-state index is 0. The van der Waals surface area contributed by atoms with E-state index in [2.05, 4.69) is 24.5 Å². The molecule has 0 saturated heterocycles. The van der Waals surface area contributed by atoms with Gasteiger partial charge >= 0.3 is 0 Å². The van der Waals surface area contributed by atoms with Crippen molar-refractivity contribution in [3.05, 3.63) is 0 Å². The summed E-state index contributed by atoms with van der Waals surface area (Å²) < 4.78 is 0. The Kier molecular flexibility index (Phi) is 10.3. The first-order valence-corrected chi connectivity index (χ1v) is 7.62. The lowest BCUT2D eigenvalue weighted by atomic mass is 9.97. The molecule has 1 fully saturated rings. The van der Waals surface area contributed by atoms with Gasteiger partial charge in [-0.15, -0.1) is 12.4 Å². The summed E-state index contributed by atoms with van der Waals surface area (Å²) in [6.07, 6.45) is 8.09. The van der Waals surface area contributed by atoms with Gasteiger partial charge in [0.25, 0.3) is 0 Å². The van der Waals surface area contributed by atoms with Crippen molar-refractivity contribution in [1.29, 1.82) is 0 Å². The summed E-state index contributed by atoms with van der Waals surface area (Å²) in [6, 6.07) is 0.673. The molecule has 0 aromatic heterocycles. The maximum atomic E-state index is 11.8. The fourth-order valence-electron chi connectivity index (χ4n) is 2.41. The van der Waals surface area contributed by atoms with Crippen molar-refractivity contribution in [3.63, 3.8) is 0 Å². The highest BCUT2D eigenvalue weighted by molar-refractivity contribution is 5.85. The molecule has 1 aliphatic rings. The second-order valence-electron chi connectivity index (χ2n) is 5.97. The van der Waals surface area contributed by atoms with Gasteiger partial charge in [0.2, 0.25) is 5.91 Å². The van der Waals surface area contributed by atoms with Crippen LogP contribution in [0.1, 0.15) is 59.3 Å². The van der Waals surface area contributed by atoms with Crippen LogP contribution in [-0.4, -0.2) is 25.0 Å². The van der Waals surface area contributed by atoms with Crippen LogP contribution in [0.4, 0.5) is 0 Å². The van der Waals surface area contributed by atoms with Gasteiger partial charge in [-0.05, 0) is 18.8 Å². The van der Waals surface area contributed by atoms with Crippen LogP contribution in [0.2, 0.25) is 0 Å². The van der Waals surface area contributed by atoms with Crippen molar-refractivity contribution < 1.29 is 4.79 Å². The minimum atomic E-state index is 0. The third-order valence-electron chi connectivity index (χ3n) is 4.13. The van der Waals surface area contributed by atoms with Crippen molar-refractivity contribution in [2.45, 2.75) is 65.3 Å². The van der Waals surface area contributed by atoms with E-state index in [-0.39, 0.29) is 24.2 Å². The smallest absolute Gasteiger partial charge is 0.223 e. The van der Waals surface area contributed by atoms with Crippen LogP contribution in [0, 0.1) is 11.8 Å². The molecule has 2 N–H and O–H groups in total. The monoisotopic (exact) mass is 290 g/mol. The van der Waals surface area contributed by atoms with Crippen molar-refractivity contribution in [2.24, 2.45) is 11.8 Å². The Morgan fingerprint density at radius 1 is 1.05 bits per heavy atom. The number of carbonyl (C=O) groups excluding carboxylic acids is 1. The summed E-state index contributed by atoms with van der Waals surface area (Å²) >= 11 is 0. The molecule has 19 heavy (non-hydrogen) atoms. The Balaban J connectivity index is 0.00000324. The van der Waals surface area contributed by atoms with Crippen molar-refractivity contribution >= 4 is 18.3 Å². The van der Waals surface area contributed by atoms with E-state index in [0.29, 0.717) is 12.0 Å². The van der Waals surface area contributed by atoms with Gasteiger partial charge in [0, 0.05) is 25.0 Å². The summed E-state index contributed by atoms with van der Waals surface area (Å²) in [5, 5.41) is 6.59. The maximum absolute atomic E-state index is 11.8. The summed E-state index contributed by atoms with van der Waals surface area (Å²) in [5.74, 6) is 0.718. The number of hydrogen-bond donors (Lipinski definition) is 2.